The number of carbonyl (C=O) groups excluding carboxylic acids is 1. The molecule has 1 heterocycles. The van der Waals surface area contributed by atoms with Crippen LogP contribution in [0.4, 0.5) is 17.1 Å². The fourth-order valence-corrected chi connectivity index (χ4v) is 2.60. The standard InChI is InChI=1S/C15H12ClN5O3/c1-7-2-8-6-18-20-13(8)5-12(7)19-15(22)9-3-14(21(23)24)11(17)4-10(9)16/h2-6H,17H2,1H3,(H,18,20)(H,19,22). The normalized spacial score (nSPS) is 10.8. The first-order chi connectivity index (χ1) is 11.4. The molecule has 24 heavy (non-hydrogen) atoms. The third-order valence-electron chi connectivity index (χ3n) is 3.59. The van der Waals surface area contributed by atoms with Crippen LogP contribution >= 0.6 is 11.6 Å². The number of H-pyrrole nitrogens is 1. The molecule has 0 atom stereocenters. The number of aromatic nitrogens is 2. The number of carbonyl (C=O) groups is 1. The van der Waals surface area contributed by atoms with Crippen LogP contribution < -0.4 is 11.1 Å². The Kier molecular flexibility index (Phi) is 3.82. The summed E-state index contributed by atoms with van der Waals surface area (Å²) >= 11 is 6.01. The summed E-state index contributed by atoms with van der Waals surface area (Å²) in [5, 5.41) is 21.4. The van der Waals surface area contributed by atoms with E-state index in [0.29, 0.717) is 5.69 Å². The van der Waals surface area contributed by atoms with Crippen LogP contribution in [0, 0.1) is 17.0 Å². The summed E-state index contributed by atoms with van der Waals surface area (Å²) in [5.41, 5.74) is 7.17. The molecule has 0 radical (unpaired) electrons. The average molecular weight is 346 g/mol. The molecule has 8 nitrogen and oxygen atoms in total. The second-order valence-electron chi connectivity index (χ2n) is 5.23. The van der Waals surface area contributed by atoms with Gasteiger partial charge >= 0.3 is 0 Å². The summed E-state index contributed by atoms with van der Waals surface area (Å²) in [6, 6.07) is 5.85. The van der Waals surface area contributed by atoms with Gasteiger partial charge in [0.05, 0.1) is 27.2 Å². The highest BCUT2D eigenvalue weighted by Crippen LogP contribution is 2.30. The van der Waals surface area contributed by atoms with Crippen LogP contribution in [0.1, 0.15) is 15.9 Å². The van der Waals surface area contributed by atoms with Crippen molar-refractivity contribution in [2.75, 3.05) is 11.1 Å². The molecule has 0 bridgehead atoms. The van der Waals surface area contributed by atoms with Crippen LogP contribution in [0.25, 0.3) is 10.9 Å². The number of anilines is 2. The minimum atomic E-state index is -0.662. The van der Waals surface area contributed by atoms with E-state index in [2.05, 4.69) is 15.5 Å². The van der Waals surface area contributed by atoms with Gasteiger partial charge in [0.2, 0.25) is 0 Å². The molecule has 1 amide bonds. The zero-order valence-corrected chi connectivity index (χ0v) is 13.2. The molecule has 3 aromatic rings. The summed E-state index contributed by atoms with van der Waals surface area (Å²) in [5.74, 6) is -0.565. The van der Waals surface area contributed by atoms with Gasteiger partial charge in [-0.05, 0) is 30.7 Å². The Labute approximate surface area is 140 Å². The molecule has 0 aliphatic heterocycles. The second-order valence-corrected chi connectivity index (χ2v) is 5.63. The molecule has 1 aromatic heterocycles. The van der Waals surface area contributed by atoms with E-state index in [9.17, 15) is 14.9 Å². The van der Waals surface area contributed by atoms with Gasteiger partial charge in [-0.15, -0.1) is 0 Å². The van der Waals surface area contributed by atoms with Gasteiger partial charge < -0.3 is 11.1 Å². The van der Waals surface area contributed by atoms with Crippen LogP contribution in [-0.4, -0.2) is 21.0 Å². The van der Waals surface area contributed by atoms with Crippen LogP contribution in [0.15, 0.2) is 30.5 Å². The van der Waals surface area contributed by atoms with E-state index in [1.165, 1.54) is 6.07 Å². The third kappa shape index (κ3) is 2.74. The van der Waals surface area contributed by atoms with Crippen molar-refractivity contribution in [2.45, 2.75) is 6.92 Å². The van der Waals surface area contributed by atoms with E-state index >= 15 is 0 Å². The summed E-state index contributed by atoms with van der Waals surface area (Å²) in [4.78, 5) is 22.8. The monoisotopic (exact) mass is 345 g/mol. The minimum Gasteiger partial charge on any atom is -0.393 e. The lowest BCUT2D eigenvalue weighted by atomic mass is 10.1. The maximum Gasteiger partial charge on any atom is 0.293 e. The number of hydrogen-bond donors (Lipinski definition) is 3. The zero-order valence-electron chi connectivity index (χ0n) is 12.5. The lowest BCUT2D eigenvalue weighted by Gasteiger charge is -2.10. The maximum atomic E-state index is 12.5. The Morgan fingerprint density at radius 1 is 1.38 bits per heavy atom. The van der Waals surface area contributed by atoms with Gasteiger partial charge in [-0.3, -0.25) is 20.0 Å². The maximum absolute atomic E-state index is 12.5. The molecule has 2 aromatic carbocycles. The molecule has 0 saturated heterocycles. The number of hydrogen-bond acceptors (Lipinski definition) is 5. The first kappa shape index (κ1) is 15.8. The number of amides is 1. The van der Waals surface area contributed by atoms with Crippen molar-refractivity contribution in [2.24, 2.45) is 0 Å². The molecule has 0 aliphatic rings. The first-order valence-corrected chi connectivity index (χ1v) is 7.23. The molecule has 0 fully saturated rings. The number of aromatic amines is 1. The minimum absolute atomic E-state index is 0.0262. The Morgan fingerprint density at radius 3 is 2.83 bits per heavy atom. The Hall–Kier alpha value is -3.13. The van der Waals surface area contributed by atoms with Crippen LogP contribution in [0.3, 0.4) is 0 Å². The number of benzene rings is 2. The van der Waals surface area contributed by atoms with Gasteiger partial charge in [0.15, 0.2) is 0 Å². The Morgan fingerprint density at radius 2 is 2.12 bits per heavy atom. The number of nitro groups is 1. The molecular weight excluding hydrogens is 334 g/mol. The van der Waals surface area contributed by atoms with Crippen LogP contribution in [0.2, 0.25) is 5.02 Å². The highest BCUT2D eigenvalue weighted by atomic mass is 35.5. The predicted molar refractivity (Wildman–Crippen MR) is 91.3 cm³/mol. The van der Waals surface area contributed by atoms with E-state index in [1.54, 1.807) is 12.3 Å². The average Bonchev–Trinajstić information content (AvgIpc) is 2.94. The number of nitrogen functional groups attached to an aromatic ring is 1. The van der Waals surface area contributed by atoms with Crippen molar-refractivity contribution < 1.29 is 9.72 Å². The van der Waals surface area contributed by atoms with Crippen LogP contribution in [-0.2, 0) is 0 Å². The summed E-state index contributed by atoms with van der Waals surface area (Å²) < 4.78 is 0. The lowest BCUT2D eigenvalue weighted by Crippen LogP contribution is -2.14. The van der Waals surface area contributed by atoms with Crippen LogP contribution in [0.5, 0.6) is 0 Å². The summed E-state index contributed by atoms with van der Waals surface area (Å²) in [6.45, 7) is 1.83. The molecule has 122 valence electrons. The van der Waals surface area contributed by atoms with E-state index in [-0.39, 0.29) is 22.0 Å². The molecule has 0 aliphatic carbocycles. The van der Waals surface area contributed by atoms with Gasteiger partial charge in [0, 0.05) is 17.1 Å². The predicted octanol–water partition coefficient (Wildman–Crippen LogP) is 3.27. The largest absolute Gasteiger partial charge is 0.393 e. The van der Waals surface area contributed by atoms with Gasteiger partial charge in [0.1, 0.15) is 5.69 Å². The number of nitro benzene ring substituents is 1. The van der Waals surface area contributed by atoms with Gasteiger partial charge in [-0.2, -0.15) is 5.10 Å². The number of nitrogens with zero attached hydrogens (tertiary/aromatic N) is 2. The fraction of sp³-hybridized carbons (Fsp3) is 0.0667. The molecular formula is C15H12ClN5O3. The van der Waals surface area contributed by atoms with Crippen molar-refractivity contribution in [1.29, 1.82) is 0 Å². The quantitative estimate of drug-likeness (QED) is 0.381. The van der Waals surface area contributed by atoms with E-state index in [4.69, 9.17) is 17.3 Å². The van der Waals surface area contributed by atoms with E-state index in [1.807, 2.05) is 13.0 Å². The molecule has 4 N–H and O–H groups in total. The molecule has 0 unspecified atom stereocenters. The molecule has 0 spiro atoms. The van der Waals surface area contributed by atoms with E-state index < -0.39 is 10.8 Å². The molecule has 3 rings (SSSR count). The smallest absolute Gasteiger partial charge is 0.293 e. The summed E-state index contributed by atoms with van der Waals surface area (Å²) in [7, 11) is 0. The third-order valence-corrected chi connectivity index (χ3v) is 3.90. The van der Waals surface area contributed by atoms with Gasteiger partial charge in [-0.1, -0.05) is 11.6 Å². The SMILES string of the molecule is Cc1cc2cn[nH]c2cc1NC(=O)c1cc([N+](=O)[O-])c(N)cc1Cl. The van der Waals surface area contributed by atoms with Gasteiger partial charge in [0.25, 0.3) is 11.6 Å². The van der Waals surface area contributed by atoms with Crippen molar-refractivity contribution in [1.82, 2.24) is 10.2 Å². The topological polar surface area (TPSA) is 127 Å². The zero-order chi connectivity index (χ0) is 17.4. The number of aryl methyl sites for hydroxylation is 1. The second kappa shape index (κ2) is 5.82. The lowest BCUT2D eigenvalue weighted by molar-refractivity contribution is -0.383. The number of fused-ring (bicyclic) bond motifs is 1. The van der Waals surface area contributed by atoms with Gasteiger partial charge in [-0.25, -0.2) is 0 Å². The Balaban J connectivity index is 1.98. The van der Waals surface area contributed by atoms with Crippen molar-refractivity contribution in [3.8, 4) is 0 Å². The number of nitrogens with one attached hydrogen (secondary N) is 2. The molecule has 9 heteroatoms. The molecule has 0 saturated carbocycles. The fourth-order valence-electron chi connectivity index (χ4n) is 2.34. The van der Waals surface area contributed by atoms with Crippen molar-refractivity contribution in [3.05, 3.63) is 56.7 Å². The highest BCUT2D eigenvalue weighted by Gasteiger charge is 2.20. The van der Waals surface area contributed by atoms with Crippen molar-refractivity contribution in [3.63, 3.8) is 0 Å². The van der Waals surface area contributed by atoms with E-state index in [0.717, 1.165) is 22.5 Å². The number of halogens is 1. The number of nitrogens with two attached hydrogens (primary N) is 1. The highest BCUT2D eigenvalue weighted by molar-refractivity contribution is 6.35. The number of rotatable bonds is 3. The summed E-state index contributed by atoms with van der Waals surface area (Å²) in [6.07, 6.45) is 1.67. The Bertz CT molecular complexity index is 983. The first-order valence-electron chi connectivity index (χ1n) is 6.85. The van der Waals surface area contributed by atoms with Crippen molar-refractivity contribution >= 4 is 45.5 Å².